The number of aromatic nitrogens is 1. The minimum atomic E-state index is -4.42. The SMILES string of the molecule is CCOC(=O)c1sc(-c2cccc(C(F)(F)F)c2)nc1CBr. The zero-order chi connectivity index (χ0) is 16.3. The molecule has 1 heterocycles. The molecule has 8 heteroatoms. The molecule has 22 heavy (non-hydrogen) atoms. The highest BCUT2D eigenvalue weighted by molar-refractivity contribution is 9.08. The fourth-order valence-electron chi connectivity index (χ4n) is 1.75. The highest BCUT2D eigenvalue weighted by Crippen LogP contribution is 2.34. The molecule has 0 spiro atoms. The molecule has 0 aliphatic carbocycles. The van der Waals surface area contributed by atoms with E-state index in [0.717, 1.165) is 23.5 Å². The summed E-state index contributed by atoms with van der Waals surface area (Å²) in [6.07, 6.45) is -4.42. The Morgan fingerprint density at radius 2 is 2.14 bits per heavy atom. The van der Waals surface area contributed by atoms with Crippen molar-refractivity contribution in [1.82, 2.24) is 4.98 Å². The predicted molar refractivity (Wildman–Crippen MR) is 81.1 cm³/mol. The smallest absolute Gasteiger partial charge is 0.416 e. The van der Waals surface area contributed by atoms with E-state index in [2.05, 4.69) is 20.9 Å². The maximum Gasteiger partial charge on any atom is 0.416 e. The summed E-state index contributed by atoms with van der Waals surface area (Å²) in [5, 5.41) is 0.667. The first-order valence-electron chi connectivity index (χ1n) is 6.27. The molecule has 0 atom stereocenters. The Labute approximate surface area is 137 Å². The second-order valence-corrected chi connectivity index (χ2v) is 5.79. The Morgan fingerprint density at radius 1 is 1.41 bits per heavy atom. The number of halogens is 4. The average molecular weight is 394 g/mol. The van der Waals surface area contributed by atoms with Gasteiger partial charge in [-0.25, -0.2) is 9.78 Å². The standard InChI is InChI=1S/C14H11BrF3NO2S/c1-2-21-13(20)11-10(7-15)19-12(22-11)8-4-3-5-9(6-8)14(16,17)18/h3-6H,2,7H2,1H3. The summed E-state index contributed by atoms with van der Waals surface area (Å²) in [6.45, 7) is 1.90. The minimum Gasteiger partial charge on any atom is -0.462 e. The van der Waals surface area contributed by atoms with Crippen molar-refractivity contribution >= 4 is 33.2 Å². The van der Waals surface area contributed by atoms with Gasteiger partial charge in [0.15, 0.2) is 0 Å². The van der Waals surface area contributed by atoms with Crippen LogP contribution in [0.15, 0.2) is 24.3 Å². The maximum atomic E-state index is 12.8. The Hall–Kier alpha value is -1.41. The summed E-state index contributed by atoms with van der Waals surface area (Å²) in [7, 11) is 0. The fourth-order valence-corrected chi connectivity index (χ4v) is 3.31. The maximum absolute atomic E-state index is 12.8. The second kappa shape index (κ2) is 6.78. The quantitative estimate of drug-likeness (QED) is 0.547. The van der Waals surface area contributed by atoms with E-state index in [4.69, 9.17) is 4.74 Å². The number of carbonyl (C=O) groups is 1. The van der Waals surface area contributed by atoms with Crippen LogP contribution in [0, 0.1) is 0 Å². The van der Waals surface area contributed by atoms with E-state index in [-0.39, 0.29) is 6.61 Å². The van der Waals surface area contributed by atoms with E-state index >= 15 is 0 Å². The Bertz CT molecular complexity index is 685. The van der Waals surface area contributed by atoms with Crippen LogP contribution in [-0.2, 0) is 16.2 Å². The summed E-state index contributed by atoms with van der Waals surface area (Å²) >= 11 is 4.24. The molecule has 0 saturated carbocycles. The molecule has 0 N–H and O–H groups in total. The van der Waals surface area contributed by atoms with Gasteiger partial charge in [-0.2, -0.15) is 13.2 Å². The summed E-state index contributed by atoms with van der Waals surface area (Å²) in [6, 6.07) is 4.86. The number of hydrogen-bond donors (Lipinski definition) is 0. The van der Waals surface area contributed by atoms with Crippen molar-refractivity contribution in [2.45, 2.75) is 18.4 Å². The Kier molecular flexibility index (Phi) is 5.23. The van der Waals surface area contributed by atoms with Gasteiger partial charge in [0, 0.05) is 10.9 Å². The normalized spacial score (nSPS) is 11.5. The number of hydrogen-bond acceptors (Lipinski definition) is 4. The second-order valence-electron chi connectivity index (χ2n) is 4.23. The molecule has 0 bridgehead atoms. The van der Waals surface area contributed by atoms with Crippen molar-refractivity contribution in [3.05, 3.63) is 40.4 Å². The monoisotopic (exact) mass is 393 g/mol. The number of ether oxygens (including phenoxy) is 1. The van der Waals surface area contributed by atoms with Crippen LogP contribution in [0.3, 0.4) is 0 Å². The molecule has 0 saturated heterocycles. The zero-order valence-electron chi connectivity index (χ0n) is 11.4. The average Bonchev–Trinajstić information content (AvgIpc) is 2.91. The van der Waals surface area contributed by atoms with Gasteiger partial charge in [0.25, 0.3) is 0 Å². The van der Waals surface area contributed by atoms with E-state index < -0.39 is 17.7 Å². The summed E-state index contributed by atoms with van der Waals surface area (Å²) in [5.74, 6) is -0.521. The lowest BCUT2D eigenvalue weighted by molar-refractivity contribution is -0.137. The predicted octanol–water partition coefficient (Wildman–Crippen LogP) is 4.90. The third kappa shape index (κ3) is 3.67. The lowest BCUT2D eigenvalue weighted by atomic mass is 10.1. The fraction of sp³-hybridized carbons (Fsp3) is 0.286. The van der Waals surface area contributed by atoms with Crippen LogP contribution in [0.1, 0.15) is 27.9 Å². The lowest BCUT2D eigenvalue weighted by Crippen LogP contribution is -2.04. The van der Waals surface area contributed by atoms with Crippen LogP contribution in [-0.4, -0.2) is 17.6 Å². The van der Waals surface area contributed by atoms with Crippen LogP contribution in [0.25, 0.3) is 10.6 Å². The highest BCUT2D eigenvalue weighted by atomic mass is 79.9. The van der Waals surface area contributed by atoms with Gasteiger partial charge in [-0.1, -0.05) is 28.1 Å². The molecule has 0 radical (unpaired) electrons. The number of esters is 1. The first-order chi connectivity index (χ1) is 10.4. The van der Waals surface area contributed by atoms with E-state index in [1.165, 1.54) is 12.1 Å². The van der Waals surface area contributed by atoms with Gasteiger partial charge in [0.1, 0.15) is 9.88 Å². The van der Waals surface area contributed by atoms with Gasteiger partial charge in [0.2, 0.25) is 0 Å². The number of rotatable bonds is 4. The zero-order valence-corrected chi connectivity index (χ0v) is 13.8. The minimum absolute atomic E-state index is 0.220. The molecule has 3 nitrogen and oxygen atoms in total. The molecule has 0 aliphatic rings. The highest BCUT2D eigenvalue weighted by Gasteiger charge is 2.31. The Balaban J connectivity index is 2.44. The molecule has 2 rings (SSSR count). The van der Waals surface area contributed by atoms with Crippen LogP contribution >= 0.6 is 27.3 Å². The van der Waals surface area contributed by atoms with E-state index in [1.807, 2.05) is 0 Å². The lowest BCUT2D eigenvalue weighted by Gasteiger charge is -2.07. The van der Waals surface area contributed by atoms with Crippen LogP contribution < -0.4 is 0 Å². The summed E-state index contributed by atoms with van der Waals surface area (Å²) in [4.78, 5) is 16.4. The largest absolute Gasteiger partial charge is 0.462 e. The molecular formula is C14H11BrF3NO2S. The van der Waals surface area contributed by atoms with Gasteiger partial charge < -0.3 is 4.74 Å². The number of nitrogens with zero attached hydrogens (tertiary/aromatic N) is 1. The van der Waals surface area contributed by atoms with Crippen molar-refractivity contribution in [2.75, 3.05) is 6.61 Å². The van der Waals surface area contributed by atoms with Crippen molar-refractivity contribution < 1.29 is 22.7 Å². The van der Waals surface area contributed by atoms with Gasteiger partial charge in [0.05, 0.1) is 17.9 Å². The van der Waals surface area contributed by atoms with Gasteiger partial charge in [-0.15, -0.1) is 11.3 Å². The topological polar surface area (TPSA) is 39.2 Å². The number of thiazole rings is 1. The third-order valence-corrected chi connectivity index (χ3v) is 4.38. The third-order valence-electron chi connectivity index (χ3n) is 2.72. The van der Waals surface area contributed by atoms with Gasteiger partial charge in [-0.05, 0) is 19.1 Å². The molecule has 1 aromatic carbocycles. The number of alkyl halides is 4. The van der Waals surface area contributed by atoms with Gasteiger partial charge in [-0.3, -0.25) is 0 Å². The van der Waals surface area contributed by atoms with Crippen molar-refractivity contribution in [2.24, 2.45) is 0 Å². The first-order valence-corrected chi connectivity index (χ1v) is 8.21. The molecule has 0 aliphatic heterocycles. The van der Waals surface area contributed by atoms with Crippen molar-refractivity contribution in [1.29, 1.82) is 0 Å². The van der Waals surface area contributed by atoms with E-state index in [9.17, 15) is 18.0 Å². The van der Waals surface area contributed by atoms with Crippen LogP contribution in [0.2, 0.25) is 0 Å². The Morgan fingerprint density at radius 3 is 2.73 bits per heavy atom. The van der Waals surface area contributed by atoms with Gasteiger partial charge >= 0.3 is 12.1 Å². The number of carbonyl (C=O) groups excluding carboxylic acids is 1. The van der Waals surface area contributed by atoms with Crippen molar-refractivity contribution in [3.8, 4) is 10.6 Å². The molecular weight excluding hydrogens is 383 g/mol. The molecule has 0 fully saturated rings. The molecule has 118 valence electrons. The molecule has 1 aromatic heterocycles. The molecule has 0 unspecified atom stereocenters. The first kappa shape index (κ1) is 17.0. The van der Waals surface area contributed by atoms with E-state index in [1.54, 1.807) is 6.92 Å². The number of benzene rings is 1. The van der Waals surface area contributed by atoms with Crippen LogP contribution in [0.5, 0.6) is 0 Å². The van der Waals surface area contributed by atoms with E-state index in [0.29, 0.717) is 26.5 Å². The van der Waals surface area contributed by atoms with Crippen molar-refractivity contribution in [3.63, 3.8) is 0 Å². The van der Waals surface area contributed by atoms with Crippen LogP contribution in [0.4, 0.5) is 13.2 Å². The summed E-state index contributed by atoms with van der Waals surface area (Å²) in [5.41, 5.74) is 0.0201. The molecule has 0 amide bonds. The molecule has 2 aromatic rings. The summed E-state index contributed by atoms with van der Waals surface area (Å²) < 4.78 is 43.2.